The molecule has 0 fully saturated rings. The van der Waals surface area contributed by atoms with Crippen molar-refractivity contribution in [2.45, 2.75) is 6.42 Å². The van der Waals surface area contributed by atoms with Crippen molar-refractivity contribution in [1.82, 2.24) is 9.97 Å². The number of fused-ring (bicyclic) bond motifs is 1. The zero-order valence-corrected chi connectivity index (χ0v) is 9.62. The fraction of sp³-hybridized carbons (Fsp3) is 0.300. The summed E-state index contributed by atoms with van der Waals surface area (Å²) in [5.74, 6) is 0. The highest BCUT2D eigenvalue weighted by Crippen LogP contribution is 2.16. The van der Waals surface area contributed by atoms with E-state index in [-0.39, 0.29) is 6.61 Å². The number of aromatic nitrogens is 2. The zero-order valence-electron chi connectivity index (χ0n) is 8.80. The fourth-order valence-corrected chi connectivity index (χ4v) is 1.91. The number of nitrogens with zero attached hydrogens (tertiary/aromatic N) is 1. The van der Waals surface area contributed by atoms with Crippen LogP contribution in [0.3, 0.4) is 0 Å². The highest BCUT2D eigenvalue weighted by Gasteiger charge is 2.06. The molecular weight excluding hydrogens is 228 g/mol. The molecule has 0 atom stereocenters. The zero-order chi connectivity index (χ0) is 11.6. The molecule has 2 heterocycles. The number of aromatic amines is 1. The van der Waals surface area contributed by atoms with Crippen LogP contribution in [0.15, 0.2) is 24.5 Å². The second kappa shape index (κ2) is 4.23. The van der Waals surface area contributed by atoms with E-state index in [1.807, 2.05) is 18.3 Å². The van der Waals surface area contributed by atoms with Gasteiger partial charge in [0.1, 0.15) is 5.65 Å². The number of rotatable bonds is 4. The standard InChI is InChI=1S/C10H12N2O3S/c1-16(13,14)15-6-4-8-7-12-10-9(8)3-2-5-11-10/h2-3,5,7H,4,6H2,1H3,(H,11,12). The lowest BCUT2D eigenvalue weighted by Crippen LogP contribution is -2.05. The van der Waals surface area contributed by atoms with Crippen LogP contribution < -0.4 is 0 Å². The molecule has 0 aliphatic rings. The van der Waals surface area contributed by atoms with Crippen molar-refractivity contribution in [3.8, 4) is 0 Å². The van der Waals surface area contributed by atoms with Crippen LogP contribution in [0.1, 0.15) is 5.56 Å². The fourth-order valence-electron chi connectivity index (χ4n) is 1.52. The van der Waals surface area contributed by atoms with E-state index in [4.69, 9.17) is 0 Å². The van der Waals surface area contributed by atoms with Gasteiger partial charge < -0.3 is 4.98 Å². The molecule has 0 bridgehead atoms. The highest BCUT2D eigenvalue weighted by molar-refractivity contribution is 7.85. The first-order chi connectivity index (χ1) is 7.56. The molecule has 2 aromatic heterocycles. The van der Waals surface area contributed by atoms with Crippen LogP contribution in [0.2, 0.25) is 0 Å². The minimum absolute atomic E-state index is 0.153. The SMILES string of the molecule is CS(=O)(=O)OCCc1c[nH]c2ncccc12. The quantitative estimate of drug-likeness (QED) is 0.812. The van der Waals surface area contributed by atoms with Crippen LogP contribution in [0.25, 0.3) is 11.0 Å². The lowest BCUT2D eigenvalue weighted by molar-refractivity contribution is 0.326. The minimum atomic E-state index is -3.36. The number of hydrogen-bond acceptors (Lipinski definition) is 4. The van der Waals surface area contributed by atoms with E-state index >= 15 is 0 Å². The van der Waals surface area contributed by atoms with Gasteiger partial charge >= 0.3 is 0 Å². The van der Waals surface area contributed by atoms with Crippen LogP contribution in [0, 0.1) is 0 Å². The first-order valence-corrected chi connectivity index (χ1v) is 6.63. The summed E-state index contributed by atoms with van der Waals surface area (Å²) in [6.45, 7) is 0.153. The molecule has 0 unspecified atom stereocenters. The van der Waals surface area contributed by atoms with E-state index in [2.05, 4.69) is 14.2 Å². The largest absolute Gasteiger partial charge is 0.346 e. The van der Waals surface area contributed by atoms with Gasteiger partial charge in [0.25, 0.3) is 10.1 Å². The van der Waals surface area contributed by atoms with Crippen molar-refractivity contribution in [3.63, 3.8) is 0 Å². The average molecular weight is 240 g/mol. The van der Waals surface area contributed by atoms with Gasteiger partial charge in [0.2, 0.25) is 0 Å². The molecule has 16 heavy (non-hydrogen) atoms. The molecule has 86 valence electrons. The molecule has 2 rings (SSSR count). The molecule has 0 saturated heterocycles. The first kappa shape index (κ1) is 11.1. The third kappa shape index (κ3) is 2.59. The maximum Gasteiger partial charge on any atom is 0.264 e. The van der Waals surface area contributed by atoms with E-state index in [0.29, 0.717) is 6.42 Å². The average Bonchev–Trinajstić information content (AvgIpc) is 2.60. The summed E-state index contributed by atoms with van der Waals surface area (Å²) < 4.78 is 26.3. The topological polar surface area (TPSA) is 72.1 Å². The Hall–Kier alpha value is -1.40. The second-order valence-corrected chi connectivity index (χ2v) is 5.13. The van der Waals surface area contributed by atoms with Crippen molar-refractivity contribution in [1.29, 1.82) is 0 Å². The van der Waals surface area contributed by atoms with Crippen LogP contribution in [0.4, 0.5) is 0 Å². The molecule has 0 aromatic carbocycles. The van der Waals surface area contributed by atoms with Gasteiger partial charge in [0.05, 0.1) is 12.9 Å². The summed E-state index contributed by atoms with van der Waals surface area (Å²) in [4.78, 5) is 7.16. The Morgan fingerprint density at radius 2 is 2.31 bits per heavy atom. The Balaban J connectivity index is 2.10. The summed E-state index contributed by atoms with van der Waals surface area (Å²) in [6.07, 6.45) is 5.11. The monoisotopic (exact) mass is 240 g/mol. The molecule has 1 N–H and O–H groups in total. The lowest BCUT2D eigenvalue weighted by atomic mass is 10.2. The Labute approximate surface area is 93.6 Å². The molecule has 0 radical (unpaired) electrons. The number of pyridine rings is 1. The van der Waals surface area contributed by atoms with Crippen LogP contribution in [-0.2, 0) is 20.7 Å². The second-order valence-electron chi connectivity index (χ2n) is 3.49. The van der Waals surface area contributed by atoms with Gasteiger partial charge in [-0.05, 0) is 24.1 Å². The number of H-pyrrole nitrogens is 1. The highest BCUT2D eigenvalue weighted by atomic mass is 32.2. The third-order valence-corrected chi connectivity index (χ3v) is 2.80. The van der Waals surface area contributed by atoms with Crippen molar-refractivity contribution >= 4 is 21.2 Å². The molecule has 2 aromatic rings. The first-order valence-electron chi connectivity index (χ1n) is 4.81. The lowest BCUT2D eigenvalue weighted by Gasteiger charge is -1.99. The smallest absolute Gasteiger partial charge is 0.264 e. The van der Waals surface area contributed by atoms with Crippen LogP contribution in [0.5, 0.6) is 0 Å². The Kier molecular flexibility index (Phi) is 2.93. The molecule has 0 spiro atoms. The maximum atomic E-state index is 10.8. The van der Waals surface area contributed by atoms with Crippen LogP contribution >= 0.6 is 0 Å². The van der Waals surface area contributed by atoms with E-state index in [9.17, 15) is 8.42 Å². The summed E-state index contributed by atoms with van der Waals surface area (Å²) in [7, 11) is -3.36. The van der Waals surface area contributed by atoms with Gasteiger partial charge in [0, 0.05) is 17.8 Å². The third-order valence-electron chi connectivity index (χ3n) is 2.21. The Morgan fingerprint density at radius 3 is 3.06 bits per heavy atom. The van der Waals surface area contributed by atoms with Crippen molar-refractivity contribution < 1.29 is 12.6 Å². The Bertz CT molecular complexity index is 589. The summed E-state index contributed by atoms with van der Waals surface area (Å²) in [5, 5.41) is 1.000. The van der Waals surface area contributed by atoms with E-state index in [1.165, 1.54) is 0 Å². The minimum Gasteiger partial charge on any atom is -0.346 e. The van der Waals surface area contributed by atoms with Gasteiger partial charge in [-0.3, -0.25) is 4.18 Å². The molecule has 0 aliphatic heterocycles. The predicted molar refractivity (Wildman–Crippen MR) is 60.6 cm³/mol. The van der Waals surface area contributed by atoms with E-state index < -0.39 is 10.1 Å². The van der Waals surface area contributed by atoms with Crippen molar-refractivity contribution in [2.75, 3.05) is 12.9 Å². The normalized spacial score (nSPS) is 12.1. The van der Waals surface area contributed by atoms with Gasteiger partial charge in [0.15, 0.2) is 0 Å². The van der Waals surface area contributed by atoms with Gasteiger partial charge in [-0.2, -0.15) is 8.42 Å². The predicted octanol–water partition coefficient (Wildman–Crippen LogP) is 1.08. The van der Waals surface area contributed by atoms with E-state index in [1.54, 1.807) is 6.20 Å². The molecule has 0 amide bonds. The van der Waals surface area contributed by atoms with Crippen LogP contribution in [-0.4, -0.2) is 31.2 Å². The summed E-state index contributed by atoms with van der Waals surface area (Å²) in [6, 6.07) is 3.78. The number of nitrogens with one attached hydrogen (secondary N) is 1. The molecule has 6 heteroatoms. The molecule has 5 nitrogen and oxygen atoms in total. The number of hydrogen-bond donors (Lipinski definition) is 1. The molecule has 0 aliphatic carbocycles. The van der Waals surface area contributed by atoms with Gasteiger partial charge in [-0.1, -0.05) is 0 Å². The van der Waals surface area contributed by atoms with Crippen molar-refractivity contribution in [2.24, 2.45) is 0 Å². The summed E-state index contributed by atoms with van der Waals surface area (Å²) >= 11 is 0. The van der Waals surface area contributed by atoms with Gasteiger partial charge in [-0.15, -0.1) is 0 Å². The van der Waals surface area contributed by atoms with E-state index in [0.717, 1.165) is 22.9 Å². The van der Waals surface area contributed by atoms with Crippen molar-refractivity contribution in [3.05, 3.63) is 30.1 Å². The summed E-state index contributed by atoms with van der Waals surface area (Å²) in [5.41, 5.74) is 1.81. The maximum absolute atomic E-state index is 10.8. The Morgan fingerprint density at radius 1 is 1.50 bits per heavy atom. The molecular formula is C10H12N2O3S. The molecule has 0 saturated carbocycles. The van der Waals surface area contributed by atoms with Gasteiger partial charge in [-0.25, -0.2) is 4.98 Å².